The summed E-state index contributed by atoms with van der Waals surface area (Å²) in [6, 6.07) is -0.844. The van der Waals surface area contributed by atoms with Gasteiger partial charge in [-0.3, -0.25) is 24.6 Å². The van der Waals surface area contributed by atoms with Crippen LogP contribution in [0.2, 0.25) is 0 Å². The lowest BCUT2D eigenvalue weighted by atomic mass is 9.85. The highest BCUT2D eigenvalue weighted by molar-refractivity contribution is 7.15. The van der Waals surface area contributed by atoms with Crippen molar-refractivity contribution in [2.24, 2.45) is 23.7 Å². The molecule has 1 N–H and O–H groups in total. The number of likely N-dealkylation sites (tertiary alicyclic amines) is 1. The molecule has 7 nitrogen and oxygen atoms in total. The number of aromatic nitrogens is 2. The lowest BCUT2D eigenvalue weighted by Gasteiger charge is -2.23. The lowest BCUT2D eigenvalue weighted by molar-refractivity contribution is -0.146. The highest BCUT2D eigenvalue weighted by Gasteiger charge is 2.60. The zero-order valence-electron chi connectivity index (χ0n) is 13.4. The van der Waals surface area contributed by atoms with Crippen LogP contribution in [0.5, 0.6) is 0 Å². The highest BCUT2D eigenvalue weighted by atomic mass is 32.1. The summed E-state index contributed by atoms with van der Waals surface area (Å²) in [5.74, 6) is -1.10. The Labute approximate surface area is 143 Å². The summed E-state index contributed by atoms with van der Waals surface area (Å²) in [7, 11) is 0. The van der Waals surface area contributed by atoms with Gasteiger partial charge in [0.2, 0.25) is 22.9 Å². The van der Waals surface area contributed by atoms with Crippen molar-refractivity contribution in [2.75, 3.05) is 5.32 Å². The summed E-state index contributed by atoms with van der Waals surface area (Å²) in [6.07, 6.45) is 5.70. The number of hydrogen-bond acceptors (Lipinski definition) is 6. The molecule has 1 aromatic heterocycles. The van der Waals surface area contributed by atoms with E-state index in [1.54, 1.807) is 6.92 Å². The number of carbonyl (C=O) groups excluding carboxylic acids is 3. The average Bonchev–Trinajstić information content (AvgIpc) is 3.31. The predicted molar refractivity (Wildman–Crippen MR) is 86.9 cm³/mol. The van der Waals surface area contributed by atoms with E-state index < -0.39 is 11.9 Å². The molecule has 3 aliphatic rings. The predicted octanol–water partition coefficient (Wildman–Crippen LogP) is 1.23. The minimum Gasteiger partial charge on any atom is -0.299 e. The largest absolute Gasteiger partial charge is 0.299 e. The number of aryl methyl sites for hydroxylation is 1. The summed E-state index contributed by atoms with van der Waals surface area (Å²) < 4.78 is 0. The van der Waals surface area contributed by atoms with E-state index in [0.29, 0.717) is 5.13 Å². The molecule has 1 aliphatic heterocycles. The second kappa shape index (κ2) is 5.47. The third-order valence-electron chi connectivity index (χ3n) is 5.27. The maximum atomic E-state index is 12.7. The first-order valence-corrected chi connectivity index (χ1v) is 9.01. The second-order valence-electron chi connectivity index (χ2n) is 6.57. The van der Waals surface area contributed by atoms with Crippen molar-refractivity contribution < 1.29 is 14.4 Å². The monoisotopic (exact) mass is 346 g/mol. The van der Waals surface area contributed by atoms with Crippen LogP contribution in [-0.2, 0) is 20.8 Å². The topological polar surface area (TPSA) is 92.3 Å². The van der Waals surface area contributed by atoms with E-state index in [2.05, 4.69) is 15.5 Å². The molecule has 0 radical (unpaired) electrons. The zero-order chi connectivity index (χ0) is 17.0. The number of carbonyl (C=O) groups is 3. The lowest BCUT2D eigenvalue weighted by Crippen LogP contribution is -2.46. The van der Waals surface area contributed by atoms with Gasteiger partial charge in [0.25, 0.3) is 0 Å². The van der Waals surface area contributed by atoms with E-state index in [0.717, 1.165) is 22.7 Å². The van der Waals surface area contributed by atoms with Gasteiger partial charge < -0.3 is 0 Å². The number of rotatable bonds is 4. The van der Waals surface area contributed by atoms with Crippen LogP contribution < -0.4 is 5.32 Å². The minimum atomic E-state index is -0.844. The number of anilines is 1. The summed E-state index contributed by atoms with van der Waals surface area (Å²) in [4.78, 5) is 39.0. The van der Waals surface area contributed by atoms with Crippen molar-refractivity contribution in [3.05, 3.63) is 17.2 Å². The molecule has 3 amide bonds. The van der Waals surface area contributed by atoms with Crippen molar-refractivity contribution in [3.63, 3.8) is 0 Å². The Balaban J connectivity index is 1.50. The van der Waals surface area contributed by atoms with Gasteiger partial charge in [0.1, 0.15) is 11.0 Å². The van der Waals surface area contributed by atoms with Crippen LogP contribution in [0.25, 0.3) is 0 Å². The molecule has 0 spiro atoms. The normalized spacial score (nSPS) is 31.7. The molecular weight excluding hydrogens is 328 g/mol. The SMILES string of the molecule is CCc1nnc(NC(=O)[C@H](C)N2C(=O)[C@@H]3[C@@H](C2=O)[C@H]2C=C[C@H]3C2)s1. The quantitative estimate of drug-likeness (QED) is 0.654. The van der Waals surface area contributed by atoms with Crippen molar-refractivity contribution in [1.82, 2.24) is 15.1 Å². The van der Waals surface area contributed by atoms with Gasteiger partial charge in [0.05, 0.1) is 11.8 Å². The number of allylic oxidation sites excluding steroid dienone is 2. The Morgan fingerprint density at radius 3 is 2.46 bits per heavy atom. The summed E-state index contributed by atoms with van der Waals surface area (Å²) in [6.45, 7) is 3.54. The van der Waals surface area contributed by atoms with Crippen LogP contribution in [0.4, 0.5) is 5.13 Å². The first kappa shape index (κ1) is 15.4. The molecule has 2 heterocycles. The van der Waals surface area contributed by atoms with Crippen LogP contribution in [0.1, 0.15) is 25.3 Å². The van der Waals surface area contributed by atoms with Crippen LogP contribution >= 0.6 is 11.3 Å². The first-order chi connectivity index (χ1) is 11.5. The Kier molecular flexibility index (Phi) is 3.52. The molecule has 2 aliphatic carbocycles. The molecule has 0 unspecified atom stereocenters. The van der Waals surface area contributed by atoms with Gasteiger partial charge >= 0.3 is 0 Å². The second-order valence-corrected chi connectivity index (χ2v) is 7.63. The summed E-state index contributed by atoms with van der Waals surface area (Å²) in [5.41, 5.74) is 0. The number of imide groups is 1. The number of fused-ring (bicyclic) bond motifs is 5. The third kappa shape index (κ3) is 2.12. The average molecular weight is 346 g/mol. The third-order valence-corrected chi connectivity index (χ3v) is 6.25. The number of nitrogens with one attached hydrogen (secondary N) is 1. The van der Waals surface area contributed by atoms with Gasteiger partial charge in [-0.05, 0) is 31.6 Å². The molecule has 5 atom stereocenters. The molecule has 8 heteroatoms. The number of amides is 3. The Morgan fingerprint density at radius 2 is 1.92 bits per heavy atom. The molecule has 2 bridgehead atoms. The van der Waals surface area contributed by atoms with E-state index >= 15 is 0 Å². The molecule has 24 heavy (non-hydrogen) atoms. The van der Waals surface area contributed by atoms with E-state index in [1.807, 2.05) is 19.1 Å². The van der Waals surface area contributed by atoms with Crippen molar-refractivity contribution in [1.29, 1.82) is 0 Å². The van der Waals surface area contributed by atoms with Crippen molar-refractivity contribution in [3.8, 4) is 0 Å². The standard InChI is InChI=1S/C16H18N4O3S/c1-3-10-18-19-16(24-10)17-13(21)7(2)20-14(22)11-8-4-5-9(6-8)12(11)15(20)23/h4-5,7-9,11-12H,3,6H2,1-2H3,(H,17,19,21)/t7-,8-,9-,11-,12-/m0/s1. The zero-order valence-corrected chi connectivity index (χ0v) is 14.2. The van der Waals surface area contributed by atoms with Crippen LogP contribution in [0, 0.1) is 23.7 Å². The summed E-state index contributed by atoms with van der Waals surface area (Å²) >= 11 is 1.30. The van der Waals surface area contributed by atoms with Gasteiger partial charge in [-0.1, -0.05) is 30.4 Å². The van der Waals surface area contributed by atoms with Crippen LogP contribution in [-0.4, -0.2) is 38.9 Å². The Bertz CT molecular complexity index is 728. The molecule has 1 saturated carbocycles. The van der Waals surface area contributed by atoms with Crippen molar-refractivity contribution >= 4 is 34.2 Å². The van der Waals surface area contributed by atoms with Crippen LogP contribution in [0.3, 0.4) is 0 Å². The molecule has 0 aromatic carbocycles. The fraction of sp³-hybridized carbons (Fsp3) is 0.562. The maximum absolute atomic E-state index is 12.7. The van der Waals surface area contributed by atoms with E-state index in [-0.39, 0.29) is 35.5 Å². The van der Waals surface area contributed by atoms with Gasteiger partial charge in [-0.25, -0.2) is 0 Å². The minimum absolute atomic E-state index is 0.145. The molecule has 1 aromatic rings. The fourth-order valence-electron chi connectivity index (χ4n) is 4.08. The van der Waals surface area contributed by atoms with Crippen LogP contribution in [0.15, 0.2) is 12.2 Å². The van der Waals surface area contributed by atoms with Gasteiger partial charge in [-0.15, -0.1) is 10.2 Å². The fourth-order valence-corrected chi connectivity index (χ4v) is 4.76. The molecule has 1 saturated heterocycles. The van der Waals surface area contributed by atoms with Gasteiger partial charge in [-0.2, -0.15) is 0 Å². The summed E-state index contributed by atoms with van der Waals surface area (Å²) in [5, 5.41) is 11.7. The Hall–Kier alpha value is -2.09. The van der Waals surface area contributed by atoms with Crippen molar-refractivity contribution in [2.45, 2.75) is 32.7 Å². The maximum Gasteiger partial charge on any atom is 0.249 e. The molecule has 2 fully saturated rings. The molecule has 4 rings (SSSR count). The number of nitrogens with zero attached hydrogens (tertiary/aromatic N) is 3. The van der Waals surface area contributed by atoms with Gasteiger partial charge in [0.15, 0.2) is 0 Å². The molecular formula is C16H18N4O3S. The highest BCUT2D eigenvalue weighted by Crippen LogP contribution is 2.52. The smallest absolute Gasteiger partial charge is 0.249 e. The number of hydrogen-bond donors (Lipinski definition) is 1. The van der Waals surface area contributed by atoms with E-state index in [4.69, 9.17) is 0 Å². The molecule has 126 valence electrons. The Morgan fingerprint density at radius 1 is 1.29 bits per heavy atom. The van der Waals surface area contributed by atoms with E-state index in [9.17, 15) is 14.4 Å². The van der Waals surface area contributed by atoms with Gasteiger partial charge in [0, 0.05) is 0 Å². The van der Waals surface area contributed by atoms with E-state index in [1.165, 1.54) is 11.3 Å². The first-order valence-electron chi connectivity index (χ1n) is 8.19.